The van der Waals surface area contributed by atoms with Gasteiger partial charge in [0, 0.05) is 5.88 Å². The first-order valence-corrected chi connectivity index (χ1v) is 2.71. The normalized spacial score (nSPS) is 7.71. The summed E-state index contributed by atoms with van der Waals surface area (Å²) in [6.45, 7) is 0.771. The summed E-state index contributed by atoms with van der Waals surface area (Å²) in [5.41, 5.74) is 5.16. The minimum absolute atomic E-state index is 0. The van der Waals surface area contributed by atoms with E-state index in [-0.39, 0.29) is 17.0 Å². The average Bonchev–Trinajstić information content (AvgIpc) is 1.61. The zero-order valence-corrected chi connectivity index (χ0v) is 6.66. The van der Waals surface area contributed by atoms with Crippen molar-refractivity contribution in [1.29, 1.82) is 0 Å². The highest BCUT2D eigenvalue weighted by Gasteiger charge is 1.76. The third kappa shape index (κ3) is 10.8. The summed E-state index contributed by atoms with van der Waals surface area (Å²) in [6.07, 6.45) is 2.11. The van der Waals surface area contributed by atoms with Gasteiger partial charge in [0.2, 0.25) is 0 Å². The fourth-order valence-corrected chi connectivity index (χ4v) is 0.428. The summed E-state index contributed by atoms with van der Waals surface area (Å²) < 4.78 is 0. The summed E-state index contributed by atoms with van der Waals surface area (Å²) in [7, 11) is 0. The lowest BCUT2D eigenvalue weighted by molar-refractivity contribution is 0.812. The van der Waals surface area contributed by atoms with Gasteiger partial charge in [-0.2, -0.15) is 0 Å². The van der Waals surface area contributed by atoms with E-state index in [2.05, 4.69) is 0 Å². The molecule has 46 valence electrons. The Morgan fingerprint density at radius 3 is 2.00 bits per heavy atom. The monoisotopic (exact) mass is 187 g/mol. The number of rotatable bonds is 3. The van der Waals surface area contributed by atoms with Gasteiger partial charge in [-0.1, -0.05) is 0 Å². The third-order valence-corrected chi connectivity index (χ3v) is 0.855. The van der Waals surface area contributed by atoms with Gasteiger partial charge in [0.25, 0.3) is 0 Å². The molecule has 0 saturated carbocycles. The summed E-state index contributed by atoms with van der Waals surface area (Å²) in [5.74, 6) is 0.747. The number of halogens is 2. The predicted molar refractivity (Wildman–Crippen MR) is 39.3 cm³/mol. The number of alkyl halides is 1. The third-order valence-electron chi connectivity index (χ3n) is 0.588. The first-order valence-electron chi connectivity index (χ1n) is 2.18. The molecule has 0 fully saturated rings. The van der Waals surface area contributed by atoms with Crippen LogP contribution < -0.4 is 5.73 Å². The van der Waals surface area contributed by atoms with Gasteiger partial charge in [-0.25, -0.2) is 0 Å². The van der Waals surface area contributed by atoms with Crippen LogP contribution in [0, 0.1) is 0 Å². The predicted octanol–water partition coefficient (Wildman–Crippen LogP) is 1.54. The van der Waals surface area contributed by atoms with Crippen LogP contribution in [0.25, 0.3) is 0 Å². The highest BCUT2D eigenvalue weighted by atomic mass is 79.9. The van der Waals surface area contributed by atoms with Crippen molar-refractivity contribution in [3.8, 4) is 0 Å². The second-order valence-electron chi connectivity index (χ2n) is 1.18. The Kier molecular flexibility index (Phi) is 15.0. The molecule has 0 amide bonds. The molecule has 0 bridgehead atoms. The summed E-state index contributed by atoms with van der Waals surface area (Å²) >= 11 is 5.32. The van der Waals surface area contributed by atoms with E-state index in [1.54, 1.807) is 0 Å². The number of hydrogen-bond acceptors (Lipinski definition) is 1. The Balaban J connectivity index is 0. The van der Waals surface area contributed by atoms with Crippen LogP contribution >= 0.6 is 28.6 Å². The lowest BCUT2D eigenvalue weighted by atomic mass is 10.3. The van der Waals surface area contributed by atoms with Crippen LogP contribution in [0.15, 0.2) is 0 Å². The molecule has 0 aromatic rings. The van der Waals surface area contributed by atoms with E-state index >= 15 is 0 Å². The van der Waals surface area contributed by atoms with Crippen LogP contribution in [0.2, 0.25) is 0 Å². The molecular formula is C4H11BrClN. The molecule has 0 heterocycles. The molecule has 1 nitrogen and oxygen atoms in total. The van der Waals surface area contributed by atoms with E-state index in [4.69, 9.17) is 17.3 Å². The van der Waals surface area contributed by atoms with Crippen LogP contribution in [0.4, 0.5) is 0 Å². The van der Waals surface area contributed by atoms with Gasteiger partial charge in [0.15, 0.2) is 0 Å². The molecule has 0 rings (SSSR count). The van der Waals surface area contributed by atoms with Crippen molar-refractivity contribution in [3.05, 3.63) is 0 Å². The van der Waals surface area contributed by atoms with Crippen molar-refractivity contribution in [2.75, 3.05) is 12.4 Å². The van der Waals surface area contributed by atoms with E-state index in [9.17, 15) is 0 Å². The van der Waals surface area contributed by atoms with E-state index in [0.717, 1.165) is 25.3 Å². The second-order valence-corrected chi connectivity index (χ2v) is 1.56. The fraction of sp³-hybridized carbons (Fsp3) is 1.00. The average molecular weight is 188 g/mol. The minimum Gasteiger partial charge on any atom is -0.330 e. The van der Waals surface area contributed by atoms with Crippen LogP contribution in [0.3, 0.4) is 0 Å². The first kappa shape index (κ1) is 10.7. The Labute approximate surface area is 60.0 Å². The highest BCUT2D eigenvalue weighted by Crippen LogP contribution is 1.86. The molecule has 0 aliphatic carbocycles. The van der Waals surface area contributed by atoms with E-state index in [0.29, 0.717) is 0 Å². The number of unbranched alkanes of at least 4 members (excludes halogenated alkanes) is 1. The SMILES string of the molecule is Br.NCCCCCl. The van der Waals surface area contributed by atoms with Crippen molar-refractivity contribution in [2.45, 2.75) is 12.8 Å². The number of hydrogen-bond donors (Lipinski definition) is 1. The topological polar surface area (TPSA) is 26.0 Å². The Hall–Kier alpha value is 0.730. The largest absolute Gasteiger partial charge is 0.330 e. The standard InChI is InChI=1S/C4H10ClN.BrH/c5-3-1-2-4-6;/h1-4,6H2;1H. The number of nitrogens with two attached hydrogens (primary N) is 1. The van der Waals surface area contributed by atoms with Gasteiger partial charge < -0.3 is 5.73 Å². The van der Waals surface area contributed by atoms with Crippen molar-refractivity contribution in [2.24, 2.45) is 5.73 Å². The second kappa shape index (κ2) is 9.88. The van der Waals surface area contributed by atoms with Gasteiger partial charge in [-0.3, -0.25) is 0 Å². The first-order chi connectivity index (χ1) is 2.91. The molecule has 0 aliphatic heterocycles. The lowest BCUT2D eigenvalue weighted by Gasteiger charge is -1.85. The molecule has 0 atom stereocenters. The molecule has 2 N–H and O–H groups in total. The maximum absolute atomic E-state index is 5.32. The van der Waals surface area contributed by atoms with Gasteiger partial charge in [-0.05, 0) is 19.4 Å². The zero-order chi connectivity index (χ0) is 4.83. The van der Waals surface area contributed by atoms with Gasteiger partial charge in [-0.15, -0.1) is 28.6 Å². The van der Waals surface area contributed by atoms with E-state index in [1.807, 2.05) is 0 Å². The summed E-state index contributed by atoms with van der Waals surface area (Å²) in [6, 6.07) is 0. The highest BCUT2D eigenvalue weighted by molar-refractivity contribution is 8.93. The van der Waals surface area contributed by atoms with E-state index in [1.165, 1.54) is 0 Å². The van der Waals surface area contributed by atoms with Gasteiger partial charge in [0.05, 0.1) is 0 Å². The Morgan fingerprint density at radius 1 is 1.29 bits per heavy atom. The molecule has 3 heteroatoms. The summed E-state index contributed by atoms with van der Waals surface area (Å²) in [5, 5.41) is 0. The Morgan fingerprint density at radius 2 is 1.86 bits per heavy atom. The van der Waals surface area contributed by atoms with Crippen molar-refractivity contribution in [3.63, 3.8) is 0 Å². The maximum atomic E-state index is 5.32. The fourth-order valence-electron chi connectivity index (χ4n) is 0.239. The van der Waals surface area contributed by atoms with Crippen LogP contribution in [-0.4, -0.2) is 12.4 Å². The van der Waals surface area contributed by atoms with Crippen molar-refractivity contribution in [1.82, 2.24) is 0 Å². The van der Waals surface area contributed by atoms with Gasteiger partial charge >= 0.3 is 0 Å². The van der Waals surface area contributed by atoms with Crippen molar-refractivity contribution >= 4 is 28.6 Å². The quantitative estimate of drug-likeness (QED) is 0.528. The van der Waals surface area contributed by atoms with Crippen molar-refractivity contribution < 1.29 is 0 Å². The molecule has 0 saturated heterocycles. The molecule has 0 radical (unpaired) electrons. The molecule has 0 aromatic carbocycles. The molecule has 0 unspecified atom stereocenters. The van der Waals surface area contributed by atoms with E-state index < -0.39 is 0 Å². The molecular weight excluding hydrogens is 177 g/mol. The molecule has 0 aliphatic rings. The molecule has 0 aromatic heterocycles. The van der Waals surface area contributed by atoms with Crippen LogP contribution in [-0.2, 0) is 0 Å². The zero-order valence-electron chi connectivity index (χ0n) is 4.19. The maximum Gasteiger partial charge on any atom is 0.0223 e. The lowest BCUT2D eigenvalue weighted by Crippen LogP contribution is -1.97. The Bertz CT molecular complexity index is 23.7. The van der Waals surface area contributed by atoms with Crippen LogP contribution in [0.1, 0.15) is 12.8 Å². The molecule has 0 spiro atoms. The minimum atomic E-state index is 0. The smallest absolute Gasteiger partial charge is 0.0223 e. The van der Waals surface area contributed by atoms with Crippen LogP contribution in [0.5, 0.6) is 0 Å². The van der Waals surface area contributed by atoms with Gasteiger partial charge in [0.1, 0.15) is 0 Å². The molecule has 7 heavy (non-hydrogen) atoms. The summed E-state index contributed by atoms with van der Waals surface area (Å²) in [4.78, 5) is 0.